The molecule has 0 bridgehead atoms. The molecule has 1 aliphatic rings. The minimum absolute atomic E-state index is 0.0225. The molecule has 0 aromatic heterocycles. The lowest BCUT2D eigenvalue weighted by molar-refractivity contribution is 0.0343. The van der Waals surface area contributed by atoms with Gasteiger partial charge in [0.05, 0.1) is 12.7 Å². The van der Waals surface area contributed by atoms with Gasteiger partial charge in [0.1, 0.15) is 5.82 Å². The van der Waals surface area contributed by atoms with Crippen LogP contribution in [0.1, 0.15) is 26.3 Å². The first-order valence-corrected chi connectivity index (χ1v) is 6.89. The van der Waals surface area contributed by atoms with E-state index in [0.29, 0.717) is 19.1 Å². The van der Waals surface area contributed by atoms with E-state index in [2.05, 4.69) is 18.7 Å². The molecule has 0 amide bonds. The quantitative estimate of drug-likeness (QED) is 0.912. The van der Waals surface area contributed by atoms with E-state index in [9.17, 15) is 4.39 Å². The summed E-state index contributed by atoms with van der Waals surface area (Å²) in [6.45, 7) is 7.67. The van der Waals surface area contributed by atoms with Crippen molar-refractivity contribution >= 4 is 5.69 Å². The number of anilines is 1. The molecule has 106 valence electrons. The van der Waals surface area contributed by atoms with Crippen molar-refractivity contribution in [2.75, 3.05) is 18.1 Å². The minimum Gasteiger partial charge on any atom is -0.375 e. The lowest BCUT2D eigenvalue weighted by Gasteiger charge is -2.39. The van der Waals surface area contributed by atoms with Crippen LogP contribution >= 0.6 is 0 Å². The van der Waals surface area contributed by atoms with Crippen molar-refractivity contribution in [2.24, 2.45) is 5.73 Å². The van der Waals surface area contributed by atoms with Crippen LogP contribution in [-0.4, -0.2) is 31.3 Å². The summed E-state index contributed by atoms with van der Waals surface area (Å²) < 4.78 is 19.1. The summed E-state index contributed by atoms with van der Waals surface area (Å²) in [6, 6.07) is 5.31. The highest BCUT2D eigenvalue weighted by Crippen LogP contribution is 2.27. The Morgan fingerprint density at radius 3 is 2.89 bits per heavy atom. The van der Waals surface area contributed by atoms with Crippen LogP contribution in [0, 0.1) is 5.82 Å². The van der Waals surface area contributed by atoms with Crippen molar-refractivity contribution in [2.45, 2.75) is 45.4 Å². The van der Waals surface area contributed by atoms with E-state index in [1.807, 2.05) is 13.0 Å². The Morgan fingerprint density at radius 1 is 1.47 bits per heavy atom. The first kappa shape index (κ1) is 14.3. The van der Waals surface area contributed by atoms with E-state index in [0.717, 1.165) is 17.8 Å². The zero-order chi connectivity index (χ0) is 14.0. The molecule has 0 saturated carbocycles. The van der Waals surface area contributed by atoms with E-state index < -0.39 is 0 Å². The largest absolute Gasteiger partial charge is 0.375 e. The smallest absolute Gasteiger partial charge is 0.123 e. The number of hydrogen-bond acceptors (Lipinski definition) is 3. The van der Waals surface area contributed by atoms with Gasteiger partial charge >= 0.3 is 0 Å². The van der Waals surface area contributed by atoms with Gasteiger partial charge in [-0.05, 0) is 51.0 Å². The van der Waals surface area contributed by atoms with E-state index in [1.54, 1.807) is 6.07 Å². The first-order valence-electron chi connectivity index (χ1n) is 6.89. The first-order chi connectivity index (χ1) is 8.97. The summed E-state index contributed by atoms with van der Waals surface area (Å²) in [6.07, 6.45) is 0.885. The van der Waals surface area contributed by atoms with E-state index in [-0.39, 0.29) is 18.0 Å². The molecule has 4 heteroatoms. The van der Waals surface area contributed by atoms with E-state index in [1.165, 1.54) is 6.07 Å². The maximum absolute atomic E-state index is 13.5. The number of rotatable bonds is 3. The third-order valence-electron chi connectivity index (χ3n) is 3.50. The van der Waals surface area contributed by atoms with Gasteiger partial charge in [-0.2, -0.15) is 0 Å². The molecule has 3 nitrogen and oxygen atoms in total. The molecule has 0 radical (unpaired) electrons. The molecule has 0 aliphatic carbocycles. The van der Waals surface area contributed by atoms with Crippen molar-refractivity contribution in [3.8, 4) is 0 Å². The fraction of sp³-hybridized carbons (Fsp3) is 0.600. The fourth-order valence-corrected chi connectivity index (χ4v) is 2.58. The second-order valence-electron chi connectivity index (χ2n) is 5.60. The minimum atomic E-state index is -0.201. The predicted molar refractivity (Wildman–Crippen MR) is 76.0 cm³/mol. The van der Waals surface area contributed by atoms with Crippen molar-refractivity contribution in [1.29, 1.82) is 0 Å². The average molecular weight is 266 g/mol. The third kappa shape index (κ3) is 3.45. The Morgan fingerprint density at radius 2 is 2.21 bits per heavy atom. The highest BCUT2D eigenvalue weighted by atomic mass is 19.1. The Hall–Kier alpha value is -1.13. The number of nitrogens with zero attached hydrogens (tertiary/aromatic N) is 1. The monoisotopic (exact) mass is 266 g/mol. The number of benzene rings is 1. The predicted octanol–water partition coefficient (Wildman–Crippen LogP) is 2.33. The van der Waals surface area contributed by atoms with Gasteiger partial charge in [-0.1, -0.05) is 0 Å². The molecule has 1 fully saturated rings. The normalized spacial score (nSPS) is 25.4. The van der Waals surface area contributed by atoms with Crippen molar-refractivity contribution in [3.63, 3.8) is 0 Å². The number of ether oxygens (including phenoxy) is 1. The summed E-state index contributed by atoms with van der Waals surface area (Å²) in [5.41, 5.74) is 7.94. The van der Waals surface area contributed by atoms with Gasteiger partial charge in [0, 0.05) is 24.3 Å². The van der Waals surface area contributed by atoms with E-state index >= 15 is 0 Å². The number of nitrogens with two attached hydrogens (primary N) is 1. The van der Waals surface area contributed by atoms with Crippen LogP contribution in [0.15, 0.2) is 18.2 Å². The molecule has 3 atom stereocenters. The second-order valence-corrected chi connectivity index (χ2v) is 5.60. The number of hydrogen-bond donors (Lipinski definition) is 1. The summed E-state index contributed by atoms with van der Waals surface area (Å²) >= 11 is 0. The standard InChI is InChI=1S/C15H23FN2O/c1-10(17)6-13-7-14(16)4-5-15(13)18-8-12(3)19-9-11(18)2/h4-5,7,10-12H,6,8-9,17H2,1-3H3. The third-order valence-corrected chi connectivity index (χ3v) is 3.50. The average Bonchev–Trinajstić information content (AvgIpc) is 2.32. The highest BCUT2D eigenvalue weighted by Gasteiger charge is 2.25. The molecule has 1 aromatic carbocycles. The highest BCUT2D eigenvalue weighted by molar-refractivity contribution is 5.55. The fourth-order valence-electron chi connectivity index (χ4n) is 2.58. The maximum Gasteiger partial charge on any atom is 0.123 e. The molecule has 2 rings (SSSR count). The molecule has 3 unspecified atom stereocenters. The summed E-state index contributed by atoms with van der Waals surface area (Å²) in [4.78, 5) is 2.30. The van der Waals surface area contributed by atoms with Gasteiger partial charge in [0.15, 0.2) is 0 Å². The van der Waals surface area contributed by atoms with Crippen LogP contribution in [0.2, 0.25) is 0 Å². The van der Waals surface area contributed by atoms with Crippen molar-refractivity contribution in [3.05, 3.63) is 29.6 Å². The van der Waals surface area contributed by atoms with Crippen LogP contribution in [0.5, 0.6) is 0 Å². The van der Waals surface area contributed by atoms with Crippen molar-refractivity contribution < 1.29 is 9.13 Å². The molecular weight excluding hydrogens is 243 g/mol. The number of morpholine rings is 1. The molecule has 1 aromatic rings. The molecule has 1 aliphatic heterocycles. The van der Waals surface area contributed by atoms with Gasteiger partial charge in [0.25, 0.3) is 0 Å². The van der Waals surface area contributed by atoms with Crippen LogP contribution < -0.4 is 10.6 Å². The van der Waals surface area contributed by atoms with Crippen LogP contribution in [0.3, 0.4) is 0 Å². The Bertz CT molecular complexity index is 436. The Balaban J connectivity index is 2.31. The summed E-state index contributed by atoms with van der Waals surface area (Å²) in [5.74, 6) is -0.201. The summed E-state index contributed by atoms with van der Waals surface area (Å²) in [7, 11) is 0. The zero-order valence-electron chi connectivity index (χ0n) is 11.9. The Kier molecular flexibility index (Phi) is 4.42. The molecule has 2 N–H and O–H groups in total. The Labute approximate surface area is 114 Å². The van der Waals surface area contributed by atoms with Gasteiger partial charge in [0.2, 0.25) is 0 Å². The lowest BCUT2D eigenvalue weighted by atomic mass is 10.0. The van der Waals surface area contributed by atoms with Gasteiger partial charge in [-0.15, -0.1) is 0 Å². The van der Waals surface area contributed by atoms with Gasteiger partial charge in [-0.3, -0.25) is 0 Å². The zero-order valence-corrected chi connectivity index (χ0v) is 11.9. The number of halogens is 1. The second kappa shape index (κ2) is 5.88. The van der Waals surface area contributed by atoms with Crippen LogP contribution in [-0.2, 0) is 11.2 Å². The topological polar surface area (TPSA) is 38.5 Å². The maximum atomic E-state index is 13.5. The van der Waals surface area contributed by atoms with Crippen LogP contribution in [0.25, 0.3) is 0 Å². The summed E-state index contributed by atoms with van der Waals surface area (Å²) in [5, 5.41) is 0. The lowest BCUT2D eigenvalue weighted by Crippen LogP contribution is -2.48. The molecule has 1 heterocycles. The van der Waals surface area contributed by atoms with Crippen molar-refractivity contribution in [1.82, 2.24) is 0 Å². The van der Waals surface area contributed by atoms with Gasteiger partial charge in [-0.25, -0.2) is 4.39 Å². The molecule has 1 saturated heterocycles. The van der Waals surface area contributed by atoms with Crippen LogP contribution in [0.4, 0.5) is 10.1 Å². The molecule has 19 heavy (non-hydrogen) atoms. The molecular formula is C15H23FN2O. The van der Waals surface area contributed by atoms with Gasteiger partial charge < -0.3 is 15.4 Å². The van der Waals surface area contributed by atoms with E-state index in [4.69, 9.17) is 10.5 Å². The molecule has 0 spiro atoms. The SMILES string of the molecule is CC(N)Cc1cc(F)ccc1N1CC(C)OCC1C.